The van der Waals surface area contributed by atoms with Gasteiger partial charge in [0.2, 0.25) is 5.95 Å². The molecule has 8 aromatic carbocycles. The summed E-state index contributed by atoms with van der Waals surface area (Å²) < 4.78 is 10.9. The lowest BCUT2D eigenvalue weighted by Gasteiger charge is -2.12. The number of hydrogen-bond acceptors (Lipinski definition) is 4. The largest absolute Gasteiger partial charge is 0.456 e. The van der Waals surface area contributed by atoms with E-state index in [1.807, 2.05) is 54.6 Å². The Kier molecular flexibility index (Phi) is 6.83. The van der Waals surface area contributed by atoms with Crippen LogP contribution in [0.2, 0.25) is 0 Å². The van der Waals surface area contributed by atoms with Crippen molar-refractivity contribution in [1.29, 1.82) is 0 Å². The van der Waals surface area contributed by atoms with Crippen LogP contribution in [0.3, 0.4) is 0 Å². The van der Waals surface area contributed by atoms with Gasteiger partial charge < -0.3 is 8.98 Å². The lowest BCUT2D eigenvalue weighted by molar-refractivity contribution is 0.669. The molecule has 0 N–H and O–H groups in total. The van der Waals surface area contributed by atoms with E-state index in [1.54, 1.807) is 0 Å². The van der Waals surface area contributed by atoms with Gasteiger partial charge in [0.15, 0.2) is 11.6 Å². The molecule has 12 aromatic rings. The van der Waals surface area contributed by atoms with Crippen molar-refractivity contribution in [2.45, 2.75) is 0 Å². The summed E-state index contributed by atoms with van der Waals surface area (Å²) in [6.45, 7) is 0. The Labute approximate surface area is 326 Å². The van der Waals surface area contributed by atoms with E-state index in [-0.39, 0.29) is 0 Å². The van der Waals surface area contributed by atoms with Gasteiger partial charge in [0.25, 0.3) is 0 Å². The number of rotatable bonds is 5. The van der Waals surface area contributed by atoms with Crippen molar-refractivity contribution in [3.8, 4) is 45.5 Å². The molecule has 57 heavy (non-hydrogen) atoms. The van der Waals surface area contributed by atoms with Crippen LogP contribution < -0.4 is 0 Å². The third-order valence-electron chi connectivity index (χ3n) is 11.2. The maximum absolute atomic E-state index is 6.33. The van der Waals surface area contributed by atoms with Gasteiger partial charge in [0.1, 0.15) is 11.2 Å². The Hall–Kier alpha value is -7.83. The zero-order chi connectivity index (χ0) is 37.5. The predicted molar refractivity (Wildman–Crippen MR) is 232 cm³/mol. The number of furan rings is 1. The molecule has 0 fully saturated rings. The Morgan fingerprint density at radius 2 is 0.912 bits per heavy atom. The molecule has 0 aliphatic heterocycles. The zero-order valence-corrected chi connectivity index (χ0v) is 30.5. The van der Waals surface area contributed by atoms with Gasteiger partial charge in [-0.3, -0.25) is 4.57 Å². The van der Waals surface area contributed by atoms with Crippen LogP contribution in [-0.2, 0) is 0 Å². The van der Waals surface area contributed by atoms with Gasteiger partial charge in [0.05, 0.1) is 22.1 Å². The monoisotopic (exact) mass is 729 g/mol. The minimum Gasteiger partial charge on any atom is -0.456 e. The molecule has 0 aliphatic carbocycles. The van der Waals surface area contributed by atoms with Crippen molar-refractivity contribution < 1.29 is 4.42 Å². The maximum atomic E-state index is 6.33. The first kappa shape index (κ1) is 31.5. The van der Waals surface area contributed by atoms with Crippen molar-refractivity contribution in [3.63, 3.8) is 0 Å². The van der Waals surface area contributed by atoms with E-state index in [0.29, 0.717) is 17.6 Å². The normalized spacial score (nSPS) is 11.9. The van der Waals surface area contributed by atoms with Crippen molar-refractivity contribution in [3.05, 3.63) is 188 Å². The van der Waals surface area contributed by atoms with Crippen molar-refractivity contribution >= 4 is 65.6 Å². The van der Waals surface area contributed by atoms with Crippen LogP contribution in [-0.4, -0.2) is 24.1 Å². The first-order valence-electron chi connectivity index (χ1n) is 19.1. The van der Waals surface area contributed by atoms with Gasteiger partial charge in [-0.25, -0.2) is 4.98 Å². The number of para-hydroxylation sites is 3. The molecule has 0 aliphatic rings. The Morgan fingerprint density at radius 3 is 1.68 bits per heavy atom. The average Bonchev–Trinajstić information content (AvgIpc) is 3.94. The lowest BCUT2D eigenvalue weighted by Crippen LogP contribution is -2.06. The molecule has 4 heterocycles. The van der Waals surface area contributed by atoms with Gasteiger partial charge in [0, 0.05) is 49.1 Å². The summed E-state index contributed by atoms with van der Waals surface area (Å²) >= 11 is 0. The van der Waals surface area contributed by atoms with E-state index in [9.17, 15) is 0 Å². The van der Waals surface area contributed by atoms with Gasteiger partial charge in [-0.2, -0.15) is 9.97 Å². The number of fused-ring (bicyclic) bond motifs is 10. The number of benzene rings is 8. The Balaban J connectivity index is 1.14. The molecule has 0 radical (unpaired) electrons. The molecule has 0 spiro atoms. The van der Waals surface area contributed by atoms with Crippen LogP contribution >= 0.6 is 0 Å². The van der Waals surface area contributed by atoms with Gasteiger partial charge in [-0.15, -0.1) is 0 Å². The molecule has 0 saturated carbocycles. The van der Waals surface area contributed by atoms with Gasteiger partial charge >= 0.3 is 0 Å². The van der Waals surface area contributed by atoms with Crippen molar-refractivity contribution in [2.24, 2.45) is 0 Å². The summed E-state index contributed by atoms with van der Waals surface area (Å²) in [5, 5.41) is 6.70. The van der Waals surface area contributed by atoms with Crippen molar-refractivity contribution in [1.82, 2.24) is 24.1 Å². The topological polar surface area (TPSA) is 61.7 Å². The fourth-order valence-electron chi connectivity index (χ4n) is 8.60. The highest BCUT2D eigenvalue weighted by molar-refractivity contribution is 6.26. The third kappa shape index (κ3) is 4.87. The molecule has 0 unspecified atom stereocenters. The molecule has 6 heteroatoms. The first-order valence-corrected chi connectivity index (χ1v) is 19.1. The SMILES string of the molecule is c1ccc(-c2ccc(-n3c4ccccc4c4c3ccc3c5ccccc5n(-c5nc(-c6ccccc6)nc(-c6ccc7c(c6)oc6ccccc67)n5)c34)cc2)cc1. The summed E-state index contributed by atoms with van der Waals surface area (Å²) in [6.07, 6.45) is 0. The lowest BCUT2D eigenvalue weighted by atomic mass is 10.1. The van der Waals surface area contributed by atoms with Crippen LogP contribution in [0.15, 0.2) is 192 Å². The molecule has 0 bridgehead atoms. The fourth-order valence-corrected chi connectivity index (χ4v) is 8.60. The van der Waals surface area contributed by atoms with Crippen LogP contribution in [0, 0.1) is 0 Å². The smallest absolute Gasteiger partial charge is 0.238 e. The highest BCUT2D eigenvalue weighted by Crippen LogP contribution is 2.42. The number of aromatic nitrogens is 5. The second-order valence-corrected chi connectivity index (χ2v) is 14.4. The van der Waals surface area contributed by atoms with Gasteiger partial charge in [-0.1, -0.05) is 140 Å². The summed E-state index contributed by atoms with van der Waals surface area (Å²) in [7, 11) is 0. The molecular formula is C51H31N5O. The van der Waals surface area contributed by atoms with Crippen LogP contribution in [0.1, 0.15) is 0 Å². The molecule has 266 valence electrons. The maximum Gasteiger partial charge on any atom is 0.238 e. The molecule has 0 amide bonds. The Morgan fingerprint density at radius 1 is 0.351 bits per heavy atom. The number of nitrogens with zero attached hydrogens (tertiary/aromatic N) is 5. The van der Waals surface area contributed by atoms with Crippen LogP contribution in [0.4, 0.5) is 0 Å². The van der Waals surface area contributed by atoms with E-state index in [2.05, 4.69) is 143 Å². The quantitative estimate of drug-likeness (QED) is 0.177. The van der Waals surface area contributed by atoms with Gasteiger partial charge in [-0.05, 0) is 59.7 Å². The molecular weight excluding hydrogens is 699 g/mol. The van der Waals surface area contributed by atoms with E-state index in [0.717, 1.165) is 82.4 Å². The van der Waals surface area contributed by atoms with Crippen molar-refractivity contribution in [2.75, 3.05) is 0 Å². The predicted octanol–water partition coefficient (Wildman–Crippen LogP) is 13.0. The summed E-state index contributed by atoms with van der Waals surface area (Å²) in [5.41, 5.74) is 11.2. The highest BCUT2D eigenvalue weighted by atomic mass is 16.3. The first-order chi connectivity index (χ1) is 28.3. The van der Waals surface area contributed by atoms with E-state index in [4.69, 9.17) is 19.4 Å². The average molecular weight is 730 g/mol. The molecule has 12 rings (SSSR count). The van der Waals surface area contributed by atoms with Crippen LogP contribution in [0.25, 0.3) is 111 Å². The second-order valence-electron chi connectivity index (χ2n) is 14.4. The zero-order valence-electron chi connectivity index (χ0n) is 30.5. The third-order valence-corrected chi connectivity index (χ3v) is 11.2. The summed E-state index contributed by atoms with van der Waals surface area (Å²) in [6, 6.07) is 65.6. The van der Waals surface area contributed by atoms with E-state index in [1.165, 1.54) is 11.1 Å². The van der Waals surface area contributed by atoms with E-state index >= 15 is 0 Å². The molecule has 0 saturated heterocycles. The molecule has 0 atom stereocenters. The molecule has 6 nitrogen and oxygen atoms in total. The highest BCUT2D eigenvalue weighted by Gasteiger charge is 2.23. The minimum atomic E-state index is 0.548. The minimum absolute atomic E-state index is 0.548. The van der Waals surface area contributed by atoms with E-state index < -0.39 is 0 Å². The second kappa shape index (κ2) is 12.3. The number of hydrogen-bond donors (Lipinski definition) is 0. The fraction of sp³-hybridized carbons (Fsp3) is 0. The summed E-state index contributed by atoms with van der Waals surface area (Å²) in [5.74, 6) is 1.71. The standard InChI is InChI=1S/C51H31N5O/c1-3-13-32(14-4-1)33-23-26-36(27-24-33)55-43-21-11-8-19-41(43)47-44(55)30-29-40-37-17-7-10-20-42(37)56(48(40)47)51-53-49(34-15-5-2-6-16-34)52-50(54-51)35-25-28-39-38-18-9-12-22-45(38)57-46(39)31-35/h1-31H. The Bertz CT molecular complexity index is 3510. The molecule has 4 aromatic heterocycles. The van der Waals surface area contributed by atoms with Crippen LogP contribution in [0.5, 0.6) is 0 Å². The summed E-state index contributed by atoms with van der Waals surface area (Å²) in [4.78, 5) is 15.7.